The molecule has 2 aliphatic carbocycles. The van der Waals surface area contributed by atoms with Crippen molar-refractivity contribution in [2.75, 3.05) is 0 Å². The van der Waals surface area contributed by atoms with Gasteiger partial charge in [0.05, 0.1) is 10.7 Å². The van der Waals surface area contributed by atoms with E-state index in [1.807, 2.05) is 0 Å². The molecule has 1 aromatic carbocycles. The summed E-state index contributed by atoms with van der Waals surface area (Å²) < 4.78 is 0.734. The fourth-order valence-corrected chi connectivity index (χ4v) is 4.73. The number of hydrogen-bond acceptors (Lipinski definition) is 4. The Labute approximate surface area is 164 Å². The standard InChI is InChI=1S/C18H17BrClN3O3/c19-13-4-3-11(7-14(13)20)21-8-12-16(24)22-18(26)23(17(12)25)15-6-9-1-2-10(15)5-9/h3-4,7-10,12,15H,1-2,5-6H2,(H,22,24,26)/t9-,10-,12-,15-/m0/s1. The maximum absolute atomic E-state index is 12.9. The second kappa shape index (κ2) is 6.78. The van der Waals surface area contributed by atoms with Crippen molar-refractivity contribution in [3.05, 3.63) is 27.7 Å². The molecule has 2 saturated carbocycles. The normalized spacial score (nSPS) is 31.2. The second-order valence-corrected chi connectivity index (χ2v) is 8.36. The highest BCUT2D eigenvalue weighted by atomic mass is 79.9. The van der Waals surface area contributed by atoms with Gasteiger partial charge in [-0.3, -0.25) is 24.8 Å². The molecule has 1 saturated heterocycles. The first-order valence-corrected chi connectivity index (χ1v) is 9.78. The number of rotatable bonds is 3. The predicted molar refractivity (Wildman–Crippen MR) is 100 cm³/mol. The molecule has 26 heavy (non-hydrogen) atoms. The van der Waals surface area contributed by atoms with Crippen molar-refractivity contribution in [3.63, 3.8) is 0 Å². The van der Waals surface area contributed by atoms with Gasteiger partial charge in [-0.15, -0.1) is 0 Å². The number of benzene rings is 1. The number of carbonyl (C=O) groups is 3. The van der Waals surface area contributed by atoms with Crippen LogP contribution in [0.4, 0.5) is 10.5 Å². The Morgan fingerprint density at radius 2 is 2.04 bits per heavy atom. The third-order valence-electron chi connectivity index (χ3n) is 5.54. The number of nitrogens with zero attached hydrogens (tertiary/aromatic N) is 2. The monoisotopic (exact) mass is 437 g/mol. The number of carbonyl (C=O) groups excluding carboxylic acids is 3. The number of fused-ring (bicyclic) bond motifs is 2. The largest absolute Gasteiger partial charge is 0.331 e. The molecular formula is C18H17BrClN3O3. The Morgan fingerprint density at radius 1 is 1.23 bits per heavy atom. The smallest absolute Gasteiger partial charge is 0.277 e. The Kier molecular flexibility index (Phi) is 4.61. The average molecular weight is 439 g/mol. The molecule has 2 bridgehead atoms. The van der Waals surface area contributed by atoms with E-state index in [1.54, 1.807) is 18.2 Å². The molecule has 1 N–H and O–H groups in total. The zero-order valence-corrected chi connectivity index (χ0v) is 16.2. The van der Waals surface area contributed by atoms with Gasteiger partial charge in [-0.25, -0.2) is 4.79 Å². The predicted octanol–water partition coefficient (Wildman–Crippen LogP) is 3.69. The molecule has 1 aliphatic heterocycles. The lowest BCUT2D eigenvalue weighted by Crippen LogP contribution is -2.62. The zero-order valence-electron chi connectivity index (χ0n) is 13.8. The van der Waals surface area contributed by atoms with Gasteiger partial charge in [0, 0.05) is 16.7 Å². The summed E-state index contributed by atoms with van der Waals surface area (Å²) in [6, 6.07) is 4.38. The summed E-state index contributed by atoms with van der Waals surface area (Å²) in [5.74, 6) is -1.28. The highest BCUT2D eigenvalue weighted by molar-refractivity contribution is 9.10. The van der Waals surface area contributed by atoms with E-state index in [4.69, 9.17) is 11.6 Å². The molecule has 0 spiro atoms. The zero-order chi connectivity index (χ0) is 18.4. The first kappa shape index (κ1) is 17.7. The summed E-state index contributed by atoms with van der Waals surface area (Å²) in [7, 11) is 0. The first-order valence-electron chi connectivity index (χ1n) is 8.61. The highest BCUT2D eigenvalue weighted by Gasteiger charge is 2.50. The van der Waals surface area contributed by atoms with Crippen LogP contribution < -0.4 is 5.32 Å². The third kappa shape index (κ3) is 3.07. The van der Waals surface area contributed by atoms with Gasteiger partial charge in [0.2, 0.25) is 11.8 Å². The summed E-state index contributed by atoms with van der Waals surface area (Å²) in [6.45, 7) is 0. The molecule has 1 heterocycles. The Hall–Kier alpha value is -1.73. The van der Waals surface area contributed by atoms with Gasteiger partial charge >= 0.3 is 6.03 Å². The van der Waals surface area contributed by atoms with Crippen LogP contribution in [0.3, 0.4) is 0 Å². The number of imide groups is 2. The van der Waals surface area contributed by atoms with E-state index in [0.717, 1.165) is 23.7 Å². The van der Waals surface area contributed by atoms with Crippen molar-refractivity contribution in [2.24, 2.45) is 22.7 Å². The van der Waals surface area contributed by atoms with Gasteiger partial charge in [0.15, 0.2) is 5.92 Å². The maximum atomic E-state index is 12.9. The van der Waals surface area contributed by atoms with Gasteiger partial charge < -0.3 is 0 Å². The van der Waals surface area contributed by atoms with Gasteiger partial charge in [0.1, 0.15) is 0 Å². The molecule has 136 valence electrons. The third-order valence-corrected chi connectivity index (χ3v) is 6.78. The van der Waals surface area contributed by atoms with E-state index in [2.05, 4.69) is 26.2 Å². The molecular weight excluding hydrogens is 422 g/mol. The molecule has 4 atom stereocenters. The lowest BCUT2D eigenvalue weighted by molar-refractivity contribution is -0.141. The Bertz CT molecular complexity index is 828. The van der Waals surface area contributed by atoms with E-state index in [-0.39, 0.29) is 6.04 Å². The first-order chi connectivity index (χ1) is 12.4. The molecule has 6 nitrogen and oxygen atoms in total. The number of urea groups is 1. The number of aliphatic imine (C=N–C) groups is 1. The molecule has 4 amide bonds. The van der Waals surface area contributed by atoms with E-state index in [1.165, 1.54) is 17.5 Å². The Morgan fingerprint density at radius 3 is 2.69 bits per heavy atom. The number of barbiturate groups is 1. The van der Waals surface area contributed by atoms with Crippen LogP contribution in [-0.2, 0) is 9.59 Å². The highest BCUT2D eigenvalue weighted by Crippen LogP contribution is 2.47. The lowest BCUT2D eigenvalue weighted by Gasteiger charge is -2.36. The summed E-state index contributed by atoms with van der Waals surface area (Å²) in [5.41, 5.74) is 0.530. The van der Waals surface area contributed by atoms with Crippen molar-refractivity contribution in [3.8, 4) is 0 Å². The molecule has 0 radical (unpaired) electrons. The van der Waals surface area contributed by atoms with Crippen LogP contribution in [-0.4, -0.2) is 35.0 Å². The van der Waals surface area contributed by atoms with Crippen LogP contribution in [0.2, 0.25) is 5.02 Å². The fraction of sp³-hybridized carbons (Fsp3) is 0.444. The van der Waals surface area contributed by atoms with Crippen LogP contribution in [0, 0.1) is 17.8 Å². The molecule has 3 aliphatic rings. The van der Waals surface area contributed by atoms with E-state index < -0.39 is 23.8 Å². The maximum Gasteiger partial charge on any atom is 0.331 e. The van der Waals surface area contributed by atoms with Crippen LogP contribution in [0.15, 0.2) is 27.7 Å². The molecule has 4 rings (SSSR count). The number of hydrogen-bond donors (Lipinski definition) is 1. The van der Waals surface area contributed by atoms with Gasteiger partial charge in [-0.05, 0) is 65.2 Å². The van der Waals surface area contributed by atoms with Crippen molar-refractivity contribution >= 4 is 57.3 Å². The number of halogens is 2. The number of nitrogens with one attached hydrogen (secondary N) is 1. The van der Waals surface area contributed by atoms with Crippen molar-refractivity contribution in [1.82, 2.24) is 10.2 Å². The molecule has 3 fully saturated rings. The van der Waals surface area contributed by atoms with Gasteiger partial charge in [-0.1, -0.05) is 18.0 Å². The minimum atomic E-state index is -1.10. The van der Waals surface area contributed by atoms with E-state index in [0.29, 0.717) is 22.5 Å². The second-order valence-electron chi connectivity index (χ2n) is 7.10. The van der Waals surface area contributed by atoms with Crippen molar-refractivity contribution in [2.45, 2.75) is 31.7 Å². The van der Waals surface area contributed by atoms with E-state index in [9.17, 15) is 14.4 Å². The van der Waals surface area contributed by atoms with Crippen LogP contribution in [0.5, 0.6) is 0 Å². The quantitative estimate of drug-likeness (QED) is 0.577. The van der Waals surface area contributed by atoms with E-state index >= 15 is 0 Å². The molecule has 0 aromatic heterocycles. The lowest BCUT2D eigenvalue weighted by atomic mass is 9.92. The summed E-state index contributed by atoms with van der Waals surface area (Å²) in [5, 5.41) is 2.79. The minimum Gasteiger partial charge on any atom is -0.277 e. The SMILES string of the molecule is O=C1NC(=O)N([C@H]2C[C@H]3CC[C@H]2C3)C(=O)[C@H]1C=Nc1ccc(Br)c(Cl)c1. The summed E-state index contributed by atoms with van der Waals surface area (Å²) >= 11 is 9.34. The van der Waals surface area contributed by atoms with Gasteiger partial charge in [0.25, 0.3) is 0 Å². The molecule has 8 heteroatoms. The van der Waals surface area contributed by atoms with Crippen LogP contribution in [0.1, 0.15) is 25.7 Å². The van der Waals surface area contributed by atoms with Crippen molar-refractivity contribution < 1.29 is 14.4 Å². The number of amides is 4. The molecule has 0 unspecified atom stereocenters. The average Bonchev–Trinajstić information content (AvgIpc) is 3.20. The topological polar surface area (TPSA) is 78.8 Å². The fourth-order valence-electron chi connectivity index (χ4n) is 4.30. The van der Waals surface area contributed by atoms with Crippen LogP contribution >= 0.6 is 27.5 Å². The van der Waals surface area contributed by atoms with Crippen LogP contribution in [0.25, 0.3) is 0 Å². The summed E-state index contributed by atoms with van der Waals surface area (Å²) in [6.07, 6.45) is 5.40. The Balaban J connectivity index is 1.56. The summed E-state index contributed by atoms with van der Waals surface area (Å²) in [4.78, 5) is 42.8. The van der Waals surface area contributed by atoms with Crippen molar-refractivity contribution in [1.29, 1.82) is 0 Å². The molecule has 1 aromatic rings. The minimum absolute atomic E-state index is 0.104. The van der Waals surface area contributed by atoms with Gasteiger partial charge in [-0.2, -0.15) is 0 Å².